The summed E-state index contributed by atoms with van der Waals surface area (Å²) in [7, 11) is -4.51. The molecular weight excluding hydrogens is 816 g/mol. The Morgan fingerprint density at radius 1 is 0.617 bits per heavy atom. The van der Waals surface area contributed by atoms with E-state index in [0.29, 0.717) is 33.8 Å². The van der Waals surface area contributed by atoms with Gasteiger partial charge in [-0.3, -0.25) is 9.36 Å². The van der Waals surface area contributed by atoms with Crippen LogP contribution in [0.3, 0.4) is 0 Å². The van der Waals surface area contributed by atoms with Crippen LogP contribution in [0.4, 0.5) is 20.2 Å². The molecule has 6 rings (SSSR count). The van der Waals surface area contributed by atoms with Crippen molar-refractivity contribution >= 4 is 34.8 Å². The monoisotopic (exact) mass is 857 g/mol. The number of nitrogens with zero attached hydrogens (tertiary/aromatic N) is 1. The number of anilines is 2. The molecule has 11 nitrogen and oxygen atoms in total. The molecular formula is C45H42F2NO10PS. The van der Waals surface area contributed by atoms with Gasteiger partial charge in [0.25, 0.3) is 10.0 Å². The summed E-state index contributed by atoms with van der Waals surface area (Å²) in [5, 5.41) is 0. The van der Waals surface area contributed by atoms with Gasteiger partial charge in [-0.2, -0.15) is 8.78 Å². The van der Waals surface area contributed by atoms with Crippen molar-refractivity contribution in [2.45, 2.75) is 28.8 Å². The minimum atomic E-state index is -5.83. The molecule has 1 unspecified atom stereocenters. The van der Waals surface area contributed by atoms with Crippen LogP contribution in [0.1, 0.15) is 32.6 Å². The number of alkyl halides is 2. The highest BCUT2D eigenvalue weighted by Crippen LogP contribution is 2.59. The van der Waals surface area contributed by atoms with Crippen LogP contribution in [0.5, 0.6) is 23.0 Å². The maximum Gasteiger partial charge on any atom is 0.399 e. The molecule has 0 aliphatic rings. The van der Waals surface area contributed by atoms with E-state index in [-0.39, 0.29) is 46.4 Å². The van der Waals surface area contributed by atoms with Gasteiger partial charge in [0.15, 0.2) is 5.78 Å². The number of ether oxygens (including phenoxy) is 4. The number of halogens is 2. The van der Waals surface area contributed by atoms with Gasteiger partial charge in [0.05, 0.1) is 50.1 Å². The van der Waals surface area contributed by atoms with Gasteiger partial charge in [0, 0.05) is 23.3 Å². The Morgan fingerprint density at radius 3 is 1.50 bits per heavy atom. The summed E-state index contributed by atoms with van der Waals surface area (Å²) >= 11 is 0. The lowest BCUT2D eigenvalue weighted by Crippen LogP contribution is -2.40. The molecule has 0 spiro atoms. The number of Topliss-reactive ketones (excluding diaryl/α,β-unsaturated/α-hetero) is 1. The van der Waals surface area contributed by atoms with Crippen LogP contribution in [0.2, 0.25) is 0 Å². The van der Waals surface area contributed by atoms with Crippen molar-refractivity contribution in [3.05, 3.63) is 173 Å². The molecule has 15 heteroatoms. The van der Waals surface area contributed by atoms with Crippen molar-refractivity contribution in [1.29, 1.82) is 0 Å². The van der Waals surface area contributed by atoms with E-state index in [1.807, 2.05) is 0 Å². The van der Waals surface area contributed by atoms with E-state index in [9.17, 15) is 36.3 Å². The van der Waals surface area contributed by atoms with E-state index in [4.69, 9.17) is 18.9 Å². The number of hydrogen-bond acceptors (Lipinski definition) is 8. The van der Waals surface area contributed by atoms with E-state index in [2.05, 4.69) is 0 Å². The molecule has 0 fully saturated rings. The predicted octanol–water partition coefficient (Wildman–Crippen LogP) is 9.08. The van der Waals surface area contributed by atoms with Crippen molar-refractivity contribution in [2.24, 2.45) is 0 Å². The summed E-state index contributed by atoms with van der Waals surface area (Å²) < 4.78 is 93.8. The third kappa shape index (κ3) is 8.64. The van der Waals surface area contributed by atoms with Gasteiger partial charge >= 0.3 is 13.3 Å². The van der Waals surface area contributed by atoms with Gasteiger partial charge in [-0.15, -0.1) is 0 Å². The highest BCUT2D eigenvalue weighted by atomic mass is 32.2. The van der Waals surface area contributed by atoms with Crippen molar-refractivity contribution in [1.82, 2.24) is 0 Å². The minimum absolute atomic E-state index is 0.0190. The molecule has 0 aliphatic carbocycles. The zero-order chi connectivity index (χ0) is 43.3. The van der Waals surface area contributed by atoms with Gasteiger partial charge in [-0.05, 0) is 65.9 Å². The van der Waals surface area contributed by atoms with E-state index < -0.39 is 34.3 Å². The fourth-order valence-corrected chi connectivity index (χ4v) is 9.04. The molecule has 0 amide bonds. The molecule has 0 aliphatic heterocycles. The molecule has 0 saturated heterocycles. The Kier molecular flexibility index (Phi) is 12.8. The van der Waals surface area contributed by atoms with Crippen LogP contribution >= 0.6 is 7.60 Å². The Balaban J connectivity index is 1.47. The smallest absolute Gasteiger partial charge is 0.399 e. The van der Waals surface area contributed by atoms with Crippen LogP contribution in [-0.4, -0.2) is 52.4 Å². The van der Waals surface area contributed by atoms with Crippen LogP contribution < -0.4 is 23.3 Å². The number of carbonyl (C=O) groups excluding carboxylic acids is 1. The second-order valence-electron chi connectivity index (χ2n) is 13.8. The van der Waals surface area contributed by atoms with Crippen molar-refractivity contribution < 1.29 is 55.3 Å². The van der Waals surface area contributed by atoms with Gasteiger partial charge in [-0.25, -0.2) is 12.7 Å². The number of methoxy groups -OCH3 is 4. The molecule has 0 aromatic heterocycles. The van der Waals surface area contributed by atoms with Gasteiger partial charge < -0.3 is 28.7 Å². The summed E-state index contributed by atoms with van der Waals surface area (Å²) in [5.41, 5.74) is -4.37. The number of ketones is 1. The first kappa shape index (κ1) is 43.5. The Morgan fingerprint density at radius 2 is 1.07 bits per heavy atom. The van der Waals surface area contributed by atoms with Crippen LogP contribution in [-0.2, 0) is 38.5 Å². The number of sulfonamides is 1. The zero-order valence-corrected chi connectivity index (χ0v) is 34.7. The number of benzene rings is 6. The predicted molar refractivity (Wildman–Crippen MR) is 224 cm³/mol. The lowest BCUT2D eigenvalue weighted by atomic mass is 9.67. The van der Waals surface area contributed by atoms with Crippen LogP contribution in [0.15, 0.2) is 150 Å². The Labute approximate surface area is 347 Å². The second-order valence-corrected chi connectivity index (χ2v) is 17.2. The summed E-state index contributed by atoms with van der Waals surface area (Å²) in [5.74, 6) is 0.956. The van der Waals surface area contributed by atoms with Crippen LogP contribution in [0.25, 0.3) is 0 Å². The molecule has 0 radical (unpaired) electrons. The number of hydrogen-bond donors (Lipinski definition) is 2. The van der Waals surface area contributed by atoms with E-state index >= 15 is 0 Å². The number of carbonyl (C=O) groups is 1. The summed E-state index contributed by atoms with van der Waals surface area (Å²) in [6.45, 7) is 0. The lowest BCUT2D eigenvalue weighted by molar-refractivity contribution is 0.0564. The SMILES string of the molecule is COc1ccc(N(c2ccc(OC)cc2OC)S(=O)(=O)c2ccc(CC(Cc3ccc(C(F)(F)P(=O)(O)O)cc3)(C(=O)c3ccccc3)c3ccccc3)cc2)c(OC)c1. The van der Waals surface area contributed by atoms with E-state index in [1.165, 1.54) is 52.7 Å². The molecule has 6 aromatic carbocycles. The fraction of sp³-hybridized carbons (Fsp3) is 0.178. The first-order valence-electron chi connectivity index (χ1n) is 18.4. The Hall–Kier alpha value is -6.05. The third-order valence-electron chi connectivity index (χ3n) is 10.1. The topological polar surface area (TPSA) is 149 Å². The van der Waals surface area contributed by atoms with Gasteiger partial charge in [-0.1, -0.05) is 97.1 Å². The van der Waals surface area contributed by atoms with E-state index in [1.54, 1.807) is 109 Å². The highest BCUT2D eigenvalue weighted by molar-refractivity contribution is 7.93. The standard InChI is InChI=1S/C45H42F2NO10PS/c1-55-36-21-25-39(41(27-36)57-3)48(40-26-22-37(56-2)28-42(40)58-4)60(53,54)38-23-17-32(18-24-38)30-44(34-13-9-6-10-14-34,43(49)33-11-7-5-8-12-33)29-31-15-19-35(20-16-31)45(46,47)59(50,51)52/h5-28H,29-30H2,1-4H3,(H2,50,51,52). The van der Waals surface area contributed by atoms with Crippen molar-refractivity contribution in [3.63, 3.8) is 0 Å². The average Bonchev–Trinajstić information content (AvgIpc) is 3.26. The average molecular weight is 858 g/mol. The normalized spacial score (nSPS) is 12.9. The summed E-state index contributed by atoms with van der Waals surface area (Å²) in [6.07, 6.45) is 0.0165. The molecule has 60 heavy (non-hydrogen) atoms. The third-order valence-corrected chi connectivity index (χ3v) is 12.9. The highest BCUT2D eigenvalue weighted by Gasteiger charge is 2.50. The van der Waals surface area contributed by atoms with Crippen molar-refractivity contribution in [3.8, 4) is 23.0 Å². The van der Waals surface area contributed by atoms with Gasteiger partial charge in [0.2, 0.25) is 0 Å². The fourth-order valence-electron chi connectivity index (χ4n) is 7.05. The minimum Gasteiger partial charge on any atom is -0.497 e. The largest absolute Gasteiger partial charge is 0.497 e. The molecule has 2 N–H and O–H groups in total. The quantitative estimate of drug-likeness (QED) is 0.0672. The first-order chi connectivity index (χ1) is 28.6. The second kappa shape index (κ2) is 17.7. The molecule has 0 saturated carbocycles. The molecule has 6 aromatic rings. The van der Waals surface area contributed by atoms with Gasteiger partial charge in [0.1, 0.15) is 23.0 Å². The van der Waals surface area contributed by atoms with E-state index in [0.717, 1.165) is 16.4 Å². The lowest BCUT2D eigenvalue weighted by Gasteiger charge is -2.34. The maximum absolute atomic E-state index is 14.9. The summed E-state index contributed by atoms with van der Waals surface area (Å²) in [6, 6.07) is 37.5. The maximum atomic E-state index is 14.9. The summed E-state index contributed by atoms with van der Waals surface area (Å²) in [4.78, 5) is 33.4. The van der Waals surface area contributed by atoms with Crippen molar-refractivity contribution in [2.75, 3.05) is 32.7 Å². The number of rotatable bonds is 17. The first-order valence-corrected chi connectivity index (χ1v) is 21.4. The molecule has 312 valence electrons. The zero-order valence-electron chi connectivity index (χ0n) is 33.0. The molecule has 0 bridgehead atoms. The molecule has 1 atom stereocenters. The van der Waals surface area contributed by atoms with Crippen LogP contribution in [0, 0.1) is 0 Å². The Bertz CT molecular complexity index is 2550. The molecule has 0 heterocycles.